The fraction of sp³-hybridized carbons (Fsp3) is 0.500. The number of nitrogens with two attached hydrogens (primary N) is 1. The molecule has 0 amide bonds. The van der Waals surface area contributed by atoms with Crippen LogP contribution in [-0.4, -0.2) is 37.9 Å². The summed E-state index contributed by atoms with van der Waals surface area (Å²) < 4.78 is 24.6. The Morgan fingerprint density at radius 2 is 2.10 bits per heavy atom. The van der Waals surface area contributed by atoms with Gasteiger partial charge >= 0.3 is 0 Å². The first-order valence-corrected chi connectivity index (χ1v) is 8.55. The molecule has 1 aliphatic heterocycles. The second-order valence-corrected chi connectivity index (χ2v) is 7.33. The van der Waals surface area contributed by atoms with E-state index in [1.165, 1.54) is 10.6 Å². The molecule has 20 heavy (non-hydrogen) atoms. The molecule has 6 heteroatoms. The molecule has 5 nitrogen and oxygen atoms in total. The van der Waals surface area contributed by atoms with Gasteiger partial charge in [0.25, 0.3) is 0 Å². The number of Topliss-reactive ketones (excluding diaryl/α,β-unsaturated/α-hetero) is 1. The van der Waals surface area contributed by atoms with Crippen molar-refractivity contribution in [2.45, 2.75) is 19.3 Å². The van der Waals surface area contributed by atoms with Crippen molar-refractivity contribution in [1.82, 2.24) is 4.31 Å². The van der Waals surface area contributed by atoms with Crippen molar-refractivity contribution >= 4 is 21.5 Å². The Kier molecular flexibility index (Phi) is 4.45. The van der Waals surface area contributed by atoms with Crippen LogP contribution in [0.4, 0.5) is 5.69 Å². The number of carbonyl (C=O) groups excluding carboxylic acids is 1. The highest BCUT2D eigenvalue weighted by molar-refractivity contribution is 7.88. The molecule has 0 aliphatic carbocycles. The van der Waals surface area contributed by atoms with E-state index in [-0.39, 0.29) is 11.7 Å². The number of rotatable bonds is 4. The van der Waals surface area contributed by atoms with E-state index in [9.17, 15) is 13.2 Å². The van der Waals surface area contributed by atoms with Crippen molar-refractivity contribution in [1.29, 1.82) is 0 Å². The van der Waals surface area contributed by atoms with Gasteiger partial charge in [-0.05, 0) is 30.9 Å². The number of hydrogen-bond acceptors (Lipinski definition) is 4. The highest BCUT2D eigenvalue weighted by atomic mass is 32.2. The maximum Gasteiger partial charge on any atom is 0.211 e. The van der Waals surface area contributed by atoms with E-state index in [1.807, 2.05) is 0 Å². The van der Waals surface area contributed by atoms with Crippen LogP contribution >= 0.6 is 0 Å². The third-order valence-electron chi connectivity index (χ3n) is 3.69. The standard InChI is InChI=1S/C14H20N2O3S/c1-20(18,19)16-8-4-5-11(10-16)9-14(17)12-6-2-3-7-13(12)15/h2-3,6-7,11H,4-5,8-10,15H2,1H3. The molecule has 1 aromatic rings. The first kappa shape index (κ1) is 15.0. The molecule has 1 unspecified atom stereocenters. The van der Waals surface area contributed by atoms with Crippen LogP contribution in [0.5, 0.6) is 0 Å². The molecule has 2 N–H and O–H groups in total. The Morgan fingerprint density at radius 1 is 1.40 bits per heavy atom. The summed E-state index contributed by atoms with van der Waals surface area (Å²) in [6.45, 7) is 0.980. The Hall–Kier alpha value is -1.40. The van der Waals surface area contributed by atoms with E-state index in [4.69, 9.17) is 5.73 Å². The van der Waals surface area contributed by atoms with Crippen molar-refractivity contribution < 1.29 is 13.2 Å². The molecule has 0 radical (unpaired) electrons. The highest BCUT2D eigenvalue weighted by Gasteiger charge is 2.27. The quantitative estimate of drug-likeness (QED) is 0.674. The van der Waals surface area contributed by atoms with Gasteiger partial charge in [-0.3, -0.25) is 4.79 Å². The smallest absolute Gasteiger partial charge is 0.211 e. The molecule has 1 aromatic carbocycles. The molecule has 0 bridgehead atoms. The normalized spacial score (nSPS) is 20.8. The summed E-state index contributed by atoms with van der Waals surface area (Å²) in [6, 6.07) is 7.00. The summed E-state index contributed by atoms with van der Waals surface area (Å²) in [5.74, 6) is 0.0639. The van der Waals surface area contributed by atoms with Gasteiger partial charge < -0.3 is 5.73 Å². The second kappa shape index (κ2) is 5.93. The van der Waals surface area contributed by atoms with Gasteiger partial charge in [0.2, 0.25) is 10.0 Å². The van der Waals surface area contributed by atoms with E-state index >= 15 is 0 Å². The Balaban J connectivity index is 2.03. The minimum Gasteiger partial charge on any atom is -0.398 e. The Labute approximate surface area is 119 Å². The number of piperidine rings is 1. The van der Waals surface area contributed by atoms with Gasteiger partial charge in [-0.25, -0.2) is 12.7 Å². The molecule has 0 saturated carbocycles. The van der Waals surface area contributed by atoms with Gasteiger partial charge in [0.15, 0.2) is 5.78 Å². The predicted molar refractivity (Wildman–Crippen MR) is 78.9 cm³/mol. The van der Waals surface area contributed by atoms with E-state index in [0.717, 1.165) is 12.8 Å². The van der Waals surface area contributed by atoms with Crippen LogP contribution < -0.4 is 5.73 Å². The lowest BCUT2D eigenvalue weighted by Crippen LogP contribution is -2.39. The van der Waals surface area contributed by atoms with E-state index in [2.05, 4.69) is 0 Å². The summed E-state index contributed by atoms with van der Waals surface area (Å²) in [5, 5.41) is 0. The van der Waals surface area contributed by atoms with E-state index in [1.54, 1.807) is 24.3 Å². The van der Waals surface area contributed by atoms with Crippen molar-refractivity contribution in [3.8, 4) is 0 Å². The number of sulfonamides is 1. The van der Waals surface area contributed by atoms with Crippen LogP contribution in [0, 0.1) is 5.92 Å². The zero-order valence-electron chi connectivity index (χ0n) is 11.6. The third-order valence-corrected chi connectivity index (χ3v) is 4.96. The molecule has 1 fully saturated rings. The SMILES string of the molecule is CS(=O)(=O)N1CCCC(CC(=O)c2ccccc2N)C1. The molecule has 2 rings (SSSR count). The lowest BCUT2D eigenvalue weighted by atomic mass is 9.91. The minimum absolute atomic E-state index is 0.0107. The maximum atomic E-state index is 12.2. The molecule has 110 valence electrons. The van der Waals surface area contributed by atoms with Gasteiger partial charge in [-0.15, -0.1) is 0 Å². The van der Waals surface area contributed by atoms with Crippen molar-refractivity contribution in [2.75, 3.05) is 25.1 Å². The van der Waals surface area contributed by atoms with Crippen LogP contribution in [0.25, 0.3) is 0 Å². The molecular weight excluding hydrogens is 276 g/mol. The third kappa shape index (κ3) is 3.58. The van der Waals surface area contributed by atoms with Crippen molar-refractivity contribution in [3.63, 3.8) is 0 Å². The van der Waals surface area contributed by atoms with Gasteiger partial charge in [0.05, 0.1) is 6.26 Å². The van der Waals surface area contributed by atoms with Crippen LogP contribution in [0.2, 0.25) is 0 Å². The molecule has 1 heterocycles. The summed E-state index contributed by atoms with van der Waals surface area (Å²) in [7, 11) is -3.17. The Bertz CT molecular complexity index is 598. The zero-order valence-corrected chi connectivity index (χ0v) is 12.4. The zero-order chi connectivity index (χ0) is 14.8. The summed E-state index contributed by atoms with van der Waals surface area (Å²) in [5.41, 5.74) is 6.81. The summed E-state index contributed by atoms with van der Waals surface area (Å²) >= 11 is 0. The minimum atomic E-state index is -3.17. The van der Waals surface area contributed by atoms with E-state index < -0.39 is 10.0 Å². The first-order valence-electron chi connectivity index (χ1n) is 6.71. The number of nitrogens with zero attached hydrogens (tertiary/aromatic N) is 1. The Morgan fingerprint density at radius 3 is 2.75 bits per heavy atom. The lowest BCUT2D eigenvalue weighted by molar-refractivity contribution is 0.0943. The monoisotopic (exact) mass is 296 g/mol. The maximum absolute atomic E-state index is 12.2. The fourth-order valence-electron chi connectivity index (χ4n) is 2.62. The van der Waals surface area contributed by atoms with Gasteiger partial charge in [0.1, 0.15) is 0 Å². The summed E-state index contributed by atoms with van der Waals surface area (Å²) in [6.07, 6.45) is 3.24. The highest BCUT2D eigenvalue weighted by Crippen LogP contribution is 2.24. The lowest BCUT2D eigenvalue weighted by Gasteiger charge is -2.30. The molecule has 1 saturated heterocycles. The molecule has 1 atom stereocenters. The van der Waals surface area contributed by atoms with Crippen LogP contribution in [0.1, 0.15) is 29.6 Å². The second-order valence-electron chi connectivity index (χ2n) is 5.34. The van der Waals surface area contributed by atoms with Crippen LogP contribution in [0.3, 0.4) is 0 Å². The van der Waals surface area contributed by atoms with Crippen molar-refractivity contribution in [2.24, 2.45) is 5.92 Å². The molecular formula is C14H20N2O3S. The fourth-order valence-corrected chi connectivity index (χ4v) is 3.56. The summed E-state index contributed by atoms with van der Waals surface area (Å²) in [4.78, 5) is 12.2. The molecule has 1 aliphatic rings. The van der Waals surface area contributed by atoms with Crippen LogP contribution in [-0.2, 0) is 10.0 Å². The van der Waals surface area contributed by atoms with Gasteiger partial charge in [-0.2, -0.15) is 0 Å². The number of carbonyl (C=O) groups is 1. The number of benzene rings is 1. The number of para-hydroxylation sites is 1. The predicted octanol–water partition coefficient (Wildman–Crippen LogP) is 1.51. The van der Waals surface area contributed by atoms with E-state index in [0.29, 0.717) is 30.8 Å². The average Bonchev–Trinajstić information content (AvgIpc) is 2.38. The van der Waals surface area contributed by atoms with Gasteiger partial charge in [0, 0.05) is 30.8 Å². The number of ketones is 1. The molecule has 0 aromatic heterocycles. The largest absolute Gasteiger partial charge is 0.398 e. The van der Waals surface area contributed by atoms with Crippen molar-refractivity contribution in [3.05, 3.63) is 29.8 Å². The topological polar surface area (TPSA) is 80.5 Å². The number of nitrogen functional groups attached to an aromatic ring is 1. The number of anilines is 1. The van der Waals surface area contributed by atoms with Gasteiger partial charge in [-0.1, -0.05) is 12.1 Å². The average molecular weight is 296 g/mol. The van der Waals surface area contributed by atoms with Crippen LogP contribution in [0.15, 0.2) is 24.3 Å². The number of hydrogen-bond donors (Lipinski definition) is 1. The first-order chi connectivity index (χ1) is 9.38. The molecule has 0 spiro atoms.